The molecule has 4 atom stereocenters. The molecular formula is C44H44BK. The molecule has 224 valence electrons. The van der Waals surface area contributed by atoms with Crippen LogP contribution in [0.2, 0.25) is 0 Å². The molecule has 0 saturated carbocycles. The molecule has 2 heteroatoms. The zero-order valence-corrected chi connectivity index (χ0v) is 31.4. The fourth-order valence-corrected chi connectivity index (χ4v) is 5.54. The molecule has 0 aliphatic heterocycles. The molecule has 4 aromatic carbocycles. The molecule has 4 rings (SSSR count). The minimum absolute atomic E-state index is 0. The molecule has 4 unspecified atom stereocenters. The Morgan fingerprint density at radius 1 is 0.370 bits per heavy atom. The Balaban J connectivity index is 0.00000576. The van der Waals surface area contributed by atoms with Crippen molar-refractivity contribution in [3.8, 4) is 47.0 Å². The topological polar surface area (TPSA) is 0 Å². The molecule has 0 radical (unpaired) electrons. The van der Waals surface area contributed by atoms with Crippen LogP contribution < -0.4 is 51.4 Å². The van der Waals surface area contributed by atoms with Gasteiger partial charge < -0.3 is 0 Å². The smallest absolute Gasteiger partial charge is 0.269 e. The van der Waals surface area contributed by atoms with E-state index in [1.54, 1.807) is 0 Å². The van der Waals surface area contributed by atoms with Crippen LogP contribution in [0.5, 0.6) is 0 Å². The van der Waals surface area contributed by atoms with E-state index in [2.05, 4.69) is 196 Å². The Morgan fingerprint density at radius 2 is 0.565 bits per heavy atom. The zero-order chi connectivity index (χ0) is 31.7. The third-order valence-corrected chi connectivity index (χ3v) is 8.34. The van der Waals surface area contributed by atoms with Gasteiger partial charge in [-0.3, -0.25) is 23.3 Å². The van der Waals surface area contributed by atoms with Gasteiger partial charge in [-0.1, -0.05) is 149 Å². The molecule has 0 N–H and O–H groups in total. The van der Waals surface area contributed by atoms with E-state index in [4.69, 9.17) is 0 Å². The van der Waals surface area contributed by atoms with E-state index < -0.39 is 6.15 Å². The summed E-state index contributed by atoms with van der Waals surface area (Å²) in [6.45, 7) is 8.77. The standard InChI is InChI=1S/C44H44B.K/c1-5-37(41-21-13-9-14-22-41)29-33-45(34-30-38(6-2)42-23-15-10-16-24-42,35-31-39(7-3)43-25-17-11-18-26-43)36-32-40(8-4)44-27-19-12-20-28-44;/h9-28,37-40H,5-8H2,1-4H3;/q-1;+1. The molecule has 0 saturated heterocycles. The first-order valence-corrected chi connectivity index (χ1v) is 16.6. The molecule has 0 bridgehead atoms. The van der Waals surface area contributed by atoms with Gasteiger partial charge in [-0.15, -0.1) is 23.7 Å². The van der Waals surface area contributed by atoms with Crippen molar-refractivity contribution in [3.05, 3.63) is 144 Å². The molecule has 0 nitrogen and oxygen atoms in total. The second kappa shape index (κ2) is 20.1. The first-order valence-electron chi connectivity index (χ1n) is 16.6. The van der Waals surface area contributed by atoms with Crippen LogP contribution in [0.15, 0.2) is 121 Å². The largest absolute Gasteiger partial charge is 1.00 e. The van der Waals surface area contributed by atoms with Gasteiger partial charge in [-0.2, -0.15) is 0 Å². The van der Waals surface area contributed by atoms with Crippen molar-refractivity contribution in [2.75, 3.05) is 0 Å². The summed E-state index contributed by atoms with van der Waals surface area (Å²) in [5.74, 6) is 29.6. The molecule has 4 aromatic rings. The van der Waals surface area contributed by atoms with Gasteiger partial charge in [0.2, 0.25) is 0 Å². The van der Waals surface area contributed by atoms with Gasteiger partial charge in [0.05, 0.1) is 0 Å². The Morgan fingerprint density at radius 3 is 0.739 bits per heavy atom. The molecule has 0 fully saturated rings. The predicted octanol–water partition coefficient (Wildman–Crippen LogP) is 7.38. The van der Waals surface area contributed by atoms with E-state index >= 15 is 0 Å². The Labute approximate surface area is 321 Å². The molecule has 46 heavy (non-hydrogen) atoms. The summed E-state index contributed by atoms with van der Waals surface area (Å²) >= 11 is 0. The third kappa shape index (κ3) is 11.0. The molecule has 0 heterocycles. The van der Waals surface area contributed by atoms with Crippen molar-refractivity contribution in [3.63, 3.8) is 0 Å². The number of rotatable bonds is 8. The van der Waals surface area contributed by atoms with Gasteiger partial charge in [-0.05, 0) is 47.9 Å². The molecular weight excluding hydrogens is 578 g/mol. The zero-order valence-electron chi connectivity index (χ0n) is 28.3. The molecule has 0 aliphatic carbocycles. The van der Waals surface area contributed by atoms with Gasteiger partial charge in [0.1, 0.15) is 0 Å². The second-order valence-corrected chi connectivity index (χ2v) is 11.5. The van der Waals surface area contributed by atoms with E-state index in [1.165, 1.54) is 22.3 Å². The van der Waals surface area contributed by atoms with Crippen LogP contribution >= 0.6 is 0 Å². The molecule has 0 aliphatic rings. The Bertz CT molecular complexity index is 1450. The Hall–Kier alpha value is -3.18. The van der Waals surface area contributed by atoms with Crippen molar-refractivity contribution in [1.29, 1.82) is 0 Å². The average Bonchev–Trinajstić information content (AvgIpc) is 3.11. The van der Waals surface area contributed by atoms with Crippen molar-refractivity contribution in [1.82, 2.24) is 0 Å². The van der Waals surface area contributed by atoms with Gasteiger partial charge in [-0.25, -0.2) is 0 Å². The van der Waals surface area contributed by atoms with E-state index in [1.807, 2.05) is 0 Å². The third-order valence-electron chi connectivity index (χ3n) is 8.34. The van der Waals surface area contributed by atoms with Gasteiger partial charge >= 0.3 is 51.4 Å². The van der Waals surface area contributed by atoms with E-state index in [0.29, 0.717) is 0 Å². The Kier molecular flexibility index (Phi) is 16.3. The van der Waals surface area contributed by atoms with Crippen LogP contribution in [0.4, 0.5) is 0 Å². The minimum atomic E-state index is -2.00. The first-order chi connectivity index (χ1) is 22.1. The summed E-state index contributed by atoms with van der Waals surface area (Å²) in [6, 6.07) is 42.2. The maximum absolute atomic E-state index is 3.67. The average molecular weight is 623 g/mol. The summed E-state index contributed by atoms with van der Waals surface area (Å²) in [7, 11) is 0. The quantitative estimate of drug-likeness (QED) is 0.142. The van der Waals surface area contributed by atoms with Crippen LogP contribution in [0, 0.1) is 47.0 Å². The maximum atomic E-state index is 3.67. The SMILES string of the molecule is CCC(C#C[B-](C#CC(CC)c1ccccc1)(C#CC(CC)c1ccccc1)C#CC(CC)c1ccccc1)c1ccccc1.[K+]. The van der Waals surface area contributed by atoms with Crippen molar-refractivity contribution in [2.24, 2.45) is 0 Å². The molecule has 0 spiro atoms. The summed E-state index contributed by atoms with van der Waals surface area (Å²) in [5, 5.41) is 0. The monoisotopic (exact) mass is 622 g/mol. The summed E-state index contributed by atoms with van der Waals surface area (Å²) in [4.78, 5) is 0. The fourth-order valence-electron chi connectivity index (χ4n) is 5.54. The van der Waals surface area contributed by atoms with Crippen LogP contribution in [-0.4, -0.2) is 6.15 Å². The molecule has 0 amide bonds. The van der Waals surface area contributed by atoms with Gasteiger partial charge in [0, 0.05) is 23.7 Å². The minimum Gasteiger partial charge on any atom is -0.269 e. The number of hydrogen-bond donors (Lipinski definition) is 0. The normalized spacial score (nSPS) is 13.8. The summed E-state index contributed by atoms with van der Waals surface area (Å²) in [6.07, 6.45) is 1.62. The van der Waals surface area contributed by atoms with Crippen molar-refractivity contribution >= 4 is 6.15 Å². The van der Waals surface area contributed by atoms with Crippen LogP contribution in [-0.2, 0) is 0 Å². The van der Waals surface area contributed by atoms with Crippen LogP contribution in [0.1, 0.15) is 99.3 Å². The van der Waals surface area contributed by atoms with E-state index in [0.717, 1.165) is 25.7 Å². The van der Waals surface area contributed by atoms with Crippen LogP contribution in [0.25, 0.3) is 0 Å². The van der Waals surface area contributed by atoms with Crippen molar-refractivity contribution < 1.29 is 51.4 Å². The predicted molar refractivity (Wildman–Crippen MR) is 195 cm³/mol. The van der Waals surface area contributed by atoms with Crippen LogP contribution in [0.3, 0.4) is 0 Å². The summed E-state index contributed by atoms with van der Waals surface area (Å²) < 4.78 is 0. The van der Waals surface area contributed by atoms with Gasteiger partial charge in [0.25, 0.3) is 6.15 Å². The molecule has 0 aromatic heterocycles. The fraction of sp³-hybridized carbons (Fsp3) is 0.273. The summed E-state index contributed by atoms with van der Waals surface area (Å²) in [5.41, 5.74) is 4.86. The van der Waals surface area contributed by atoms with Crippen molar-refractivity contribution in [2.45, 2.75) is 77.0 Å². The van der Waals surface area contributed by atoms with E-state index in [9.17, 15) is 0 Å². The second-order valence-electron chi connectivity index (χ2n) is 11.5. The van der Waals surface area contributed by atoms with Gasteiger partial charge in [0.15, 0.2) is 0 Å². The maximum Gasteiger partial charge on any atom is 1.00 e. The number of hydrogen-bond acceptors (Lipinski definition) is 0. The van der Waals surface area contributed by atoms with E-state index in [-0.39, 0.29) is 75.1 Å². The first kappa shape index (κ1) is 37.3. The number of benzene rings is 4.